The molecule has 3 rings (SSSR count). The number of fused-ring (bicyclic) bond motifs is 1. The normalized spacial score (nSPS) is 18.2. The van der Waals surface area contributed by atoms with Gasteiger partial charge in [-0.1, -0.05) is 6.92 Å². The highest BCUT2D eigenvalue weighted by Crippen LogP contribution is 2.45. The van der Waals surface area contributed by atoms with E-state index in [1.165, 1.54) is 0 Å². The summed E-state index contributed by atoms with van der Waals surface area (Å²) in [5.74, 6) is 0. The number of halogens is 9. The molecule has 0 fully saturated rings. The van der Waals surface area contributed by atoms with Crippen LogP contribution in [0, 0.1) is 11.5 Å². The van der Waals surface area contributed by atoms with Crippen molar-refractivity contribution in [3.8, 4) is 6.19 Å². The third-order valence-corrected chi connectivity index (χ3v) is 6.02. The lowest BCUT2D eigenvalue weighted by Gasteiger charge is -2.42. The van der Waals surface area contributed by atoms with E-state index in [2.05, 4.69) is 0 Å². The molecule has 0 spiro atoms. The molecule has 2 atom stereocenters. The van der Waals surface area contributed by atoms with Gasteiger partial charge in [-0.15, -0.1) is 0 Å². The quantitative estimate of drug-likeness (QED) is 0.249. The second-order valence-corrected chi connectivity index (χ2v) is 8.38. The number of hydrogen-bond acceptors (Lipinski definition) is 3. The SMILES string of the molecule is CCC1CC(N(C#N)Cc2cc(C(F)(F)F)cc(C(F)(F)F)c2)c2cc(C(F)(F)F)ccc2N1C(=O)O. The maximum absolute atomic E-state index is 13.4. The lowest BCUT2D eigenvalue weighted by atomic mass is 9.87. The zero-order valence-corrected chi connectivity index (χ0v) is 18.8. The van der Waals surface area contributed by atoms with Gasteiger partial charge in [0.1, 0.15) is 0 Å². The molecule has 2 aromatic rings. The Bertz CT molecular complexity index is 1180. The number of nitrogens with zero attached hydrogens (tertiary/aromatic N) is 3. The summed E-state index contributed by atoms with van der Waals surface area (Å²) in [6.45, 7) is 0.791. The number of anilines is 1. The van der Waals surface area contributed by atoms with E-state index in [1.807, 2.05) is 0 Å². The van der Waals surface area contributed by atoms with E-state index in [-0.39, 0.29) is 30.2 Å². The van der Waals surface area contributed by atoms with E-state index in [0.29, 0.717) is 24.3 Å². The highest BCUT2D eigenvalue weighted by molar-refractivity contribution is 5.89. The Balaban J connectivity index is 2.14. The fourth-order valence-electron chi connectivity index (χ4n) is 4.33. The third-order valence-electron chi connectivity index (χ3n) is 6.02. The summed E-state index contributed by atoms with van der Waals surface area (Å²) in [5, 5.41) is 19.4. The summed E-state index contributed by atoms with van der Waals surface area (Å²) in [6, 6.07) is 0.906. The predicted molar refractivity (Wildman–Crippen MR) is 111 cm³/mol. The van der Waals surface area contributed by atoms with Crippen LogP contribution in [0.5, 0.6) is 0 Å². The summed E-state index contributed by atoms with van der Waals surface area (Å²) in [5.41, 5.74) is -5.33. The lowest BCUT2D eigenvalue weighted by molar-refractivity contribution is -0.143. The van der Waals surface area contributed by atoms with E-state index >= 15 is 0 Å². The summed E-state index contributed by atoms with van der Waals surface area (Å²) in [6.07, 6.45) is -15.0. The van der Waals surface area contributed by atoms with Crippen LogP contribution in [0.3, 0.4) is 0 Å². The summed E-state index contributed by atoms with van der Waals surface area (Å²) >= 11 is 0. The standard InChI is InChI=1S/C23H18F9N3O2/c1-2-16-9-19(17-8-13(21(24,25)26)3-4-18(17)35(16)20(36)37)34(11-33)10-12-5-14(22(27,28)29)7-15(6-12)23(30,31)32/h3-8,16,19H,2,9-10H2,1H3,(H,36,37). The van der Waals surface area contributed by atoms with Gasteiger partial charge in [-0.3, -0.25) is 9.80 Å². The Kier molecular flexibility index (Phi) is 7.31. The van der Waals surface area contributed by atoms with Crippen LogP contribution in [0.2, 0.25) is 0 Å². The molecule has 5 nitrogen and oxygen atoms in total. The molecule has 2 unspecified atom stereocenters. The van der Waals surface area contributed by atoms with Crippen molar-refractivity contribution in [3.05, 3.63) is 64.2 Å². The van der Waals surface area contributed by atoms with E-state index in [0.717, 1.165) is 15.9 Å². The first-order valence-corrected chi connectivity index (χ1v) is 10.6. The minimum Gasteiger partial charge on any atom is -0.465 e. The van der Waals surface area contributed by atoms with Crippen molar-refractivity contribution < 1.29 is 49.4 Å². The van der Waals surface area contributed by atoms with Crippen LogP contribution in [0.15, 0.2) is 36.4 Å². The number of hydrogen-bond donors (Lipinski definition) is 1. The van der Waals surface area contributed by atoms with Gasteiger partial charge < -0.3 is 5.11 Å². The zero-order valence-electron chi connectivity index (χ0n) is 18.8. The van der Waals surface area contributed by atoms with Crippen molar-refractivity contribution in [1.82, 2.24) is 4.90 Å². The van der Waals surface area contributed by atoms with Gasteiger partial charge >= 0.3 is 24.6 Å². The van der Waals surface area contributed by atoms with Crippen molar-refractivity contribution in [3.63, 3.8) is 0 Å². The van der Waals surface area contributed by atoms with Gasteiger partial charge in [0.2, 0.25) is 0 Å². The number of carbonyl (C=O) groups is 1. The summed E-state index contributed by atoms with van der Waals surface area (Å²) in [4.78, 5) is 13.5. The van der Waals surface area contributed by atoms with Gasteiger partial charge in [0.25, 0.3) is 0 Å². The third kappa shape index (κ3) is 5.86. The molecular weight excluding hydrogens is 521 g/mol. The highest BCUT2D eigenvalue weighted by Gasteiger charge is 2.41. The van der Waals surface area contributed by atoms with Crippen LogP contribution in [0.4, 0.5) is 50.0 Å². The molecule has 200 valence electrons. The lowest BCUT2D eigenvalue weighted by Crippen LogP contribution is -2.46. The molecule has 1 heterocycles. The average Bonchev–Trinajstić information content (AvgIpc) is 2.79. The van der Waals surface area contributed by atoms with Crippen LogP contribution in [0.25, 0.3) is 0 Å². The molecule has 1 aliphatic heterocycles. The van der Waals surface area contributed by atoms with E-state index in [9.17, 15) is 54.7 Å². The van der Waals surface area contributed by atoms with Gasteiger partial charge in [0.05, 0.1) is 35.0 Å². The molecule has 0 radical (unpaired) electrons. The molecular formula is C23H18F9N3O2. The molecule has 37 heavy (non-hydrogen) atoms. The van der Waals surface area contributed by atoms with Crippen LogP contribution in [-0.2, 0) is 25.1 Å². The summed E-state index contributed by atoms with van der Waals surface area (Å²) in [7, 11) is 0. The minimum atomic E-state index is -5.14. The first-order valence-electron chi connectivity index (χ1n) is 10.6. The van der Waals surface area contributed by atoms with Gasteiger partial charge in [-0.2, -0.15) is 44.8 Å². The molecule has 0 aliphatic carbocycles. The maximum atomic E-state index is 13.4. The van der Waals surface area contributed by atoms with Gasteiger partial charge in [-0.05, 0) is 60.4 Å². The van der Waals surface area contributed by atoms with Gasteiger partial charge in [-0.25, -0.2) is 4.79 Å². The van der Waals surface area contributed by atoms with Crippen LogP contribution >= 0.6 is 0 Å². The summed E-state index contributed by atoms with van der Waals surface area (Å²) < 4.78 is 120. The Labute approximate surface area is 204 Å². The first kappa shape index (κ1) is 27.9. The smallest absolute Gasteiger partial charge is 0.416 e. The maximum Gasteiger partial charge on any atom is 0.416 e. The molecule has 1 N–H and O–H groups in total. The van der Waals surface area contributed by atoms with E-state index in [4.69, 9.17) is 0 Å². The number of alkyl halides is 9. The zero-order chi connectivity index (χ0) is 27.9. The fraction of sp³-hybridized carbons (Fsp3) is 0.391. The van der Waals surface area contributed by atoms with Crippen molar-refractivity contribution in [2.24, 2.45) is 0 Å². The Morgan fingerprint density at radius 3 is 1.95 bits per heavy atom. The van der Waals surface area contributed by atoms with E-state index in [1.54, 1.807) is 13.1 Å². The Hall–Kier alpha value is -3.63. The largest absolute Gasteiger partial charge is 0.465 e. The molecule has 0 bridgehead atoms. The number of carboxylic acid groups (broad SMARTS) is 1. The van der Waals surface area contributed by atoms with Crippen molar-refractivity contribution in [2.75, 3.05) is 4.90 Å². The van der Waals surface area contributed by atoms with Gasteiger partial charge in [0, 0.05) is 6.04 Å². The highest BCUT2D eigenvalue weighted by atomic mass is 19.4. The Morgan fingerprint density at radius 2 is 1.51 bits per heavy atom. The molecule has 1 amide bonds. The van der Waals surface area contributed by atoms with Crippen molar-refractivity contribution in [2.45, 2.75) is 56.9 Å². The van der Waals surface area contributed by atoms with Crippen molar-refractivity contribution in [1.29, 1.82) is 5.26 Å². The number of rotatable bonds is 4. The predicted octanol–water partition coefficient (Wildman–Crippen LogP) is 7.43. The fourth-order valence-corrected chi connectivity index (χ4v) is 4.33. The molecule has 0 aromatic heterocycles. The van der Waals surface area contributed by atoms with Crippen LogP contribution in [0.1, 0.15) is 53.6 Å². The van der Waals surface area contributed by atoms with Crippen molar-refractivity contribution >= 4 is 11.8 Å². The second kappa shape index (κ2) is 9.68. The van der Waals surface area contributed by atoms with E-state index < -0.39 is 65.5 Å². The number of benzene rings is 2. The molecule has 14 heteroatoms. The monoisotopic (exact) mass is 539 g/mol. The molecule has 1 aliphatic rings. The second-order valence-electron chi connectivity index (χ2n) is 8.38. The molecule has 0 saturated carbocycles. The topological polar surface area (TPSA) is 67.6 Å². The van der Waals surface area contributed by atoms with Gasteiger partial charge in [0.15, 0.2) is 6.19 Å². The average molecular weight is 539 g/mol. The minimum absolute atomic E-state index is 0.0798. The first-order chi connectivity index (χ1) is 17.0. The van der Waals surface area contributed by atoms with Crippen LogP contribution in [-0.4, -0.2) is 22.1 Å². The Morgan fingerprint density at radius 1 is 0.973 bits per heavy atom. The molecule has 0 saturated heterocycles. The molecule has 2 aromatic carbocycles. The van der Waals surface area contributed by atoms with Crippen LogP contribution < -0.4 is 4.90 Å². The number of amides is 1. The number of nitriles is 1.